The summed E-state index contributed by atoms with van der Waals surface area (Å²) in [5, 5.41) is 6.48. The lowest BCUT2D eigenvalue weighted by molar-refractivity contribution is 0.152. The summed E-state index contributed by atoms with van der Waals surface area (Å²) < 4.78 is 0. The van der Waals surface area contributed by atoms with Crippen LogP contribution in [0.2, 0.25) is 0 Å². The van der Waals surface area contributed by atoms with Crippen LogP contribution in [0.25, 0.3) is 6.08 Å². The topological polar surface area (TPSA) is 3.24 Å². The number of rotatable bonds is 6. The highest BCUT2D eigenvalue weighted by Crippen LogP contribution is 2.37. The Balaban J connectivity index is 2.19. The zero-order valence-corrected chi connectivity index (χ0v) is 13.4. The third kappa shape index (κ3) is 3.16. The molecule has 0 spiro atoms. The molecule has 2 rings (SSSR count). The summed E-state index contributed by atoms with van der Waals surface area (Å²) in [4.78, 5) is 3.81. The molecule has 0 aliphatic carbocycles. The summed E-state index contributed by atoms with van der Waals surface area (Å²) in [5.74, 6) is 0. The largest absolute Gasteiger partial charge is 0.299 e. The third-order valence-corrected chi connectivity index (χ3v) is 5.49. The zero-order valence-electron chi connectivity index (χ0n) is 11.8. The molecule has 0 amide bonds. The summed E-state index contributed by atoms with van der Waals surface area (Å²) in [7, 11) is 4.36. The Morgan fingerprint density at radius 3 is 2.63 bits per heavy atom. The Bertz CT molecular complexity index is 497. The molecule has 0 bridgehead atoms. The van der Waals surface area contributed by atoms with Crippen molar-refractivity contribution < 1.29 is 0 Å². The van der Waals surface area contributed by atoms with Crippen LogP contribution in [0.15, 0.2) is 40.4 Å². The van der Waals surface area contributed by atoms with Crippen molar-refractivity contribution in [2.24, 2.45) is 0 Å². The minimum atomic E-state index is 0.126. The van der Waals surface area contributed by atoms with E-state index in [1.165, 1.54) is 10.4 Å². The van der Waals surface area contributed by atoms with Crippen LogP contribution in [-0.2, 0) is 5.54 Å². The number of nitrogens with zero attached hydrogens (tertiary/aromatic N) is 1. The van der Waals surface area contributed by atoms with Gasteiger partial charge in [-0.2, -0.15) is 11.3 Å². The molecule has 0 N–H and O–H groups in total. The molecule has 19 heavy (non-hydrogen) atoms. The van der Waals surface area contributed by atoms with Gasteiger partial charge in [0, 0.05) is 4.88 Å². The highest BCUT2D eigenvalue weighted by atomic mass is 32.1. The van der Waals surface area contributed by atoms with E-state index < -0.39 is 0 Å². The molecule has 3 heteroatoms. The maximum Gasteiger partial charge on any atom is 0.0580 e. The van der Waals surface area contributed by atoms with E-state index in [1.54, 1.807) is 11.3 Å². The van der Waals surface area contributed by atoms with Gasteiger partial charge in [-0.1, -0.05) is 25.1 Å². The lowest BCUT2D eigenvalue weighted by Gasteiger charge is -2.38. The van der Waals surface area contributed by atoms with Crippen LogP contribution in [-0.4, -0.2) is 19.0 Å². The van der Waals surface area contributed by atoms with E-state index in [2.05, 4.69) is 72.4 Å². The first-order valence-corrected chi connectivity index (χ1v) is 8.41. The van der Waals surface area contributed by atoms with Gasteiger partial charge in [0.05, 0.1) is 5.54 Å². The maximum atomic E-state index is 2.36. The van der Waals surface area contributed by atoms with Gasteiger partial charge in [-0.3, -0.25) is 4.90 Å². The van der Waals surface area contributed by atoms with Gasteiger partial charge in [-0.05, 0) is 60.8 Å². The molecule has 0 saturated heterocycles. The minimum absolute atomic E-state index is 0.126. The quantitative estimate of drug-likeness (QED) is 0.717. The molecule has 1 nitrogen and oxygen atoms in total. The Morgan fingerprint density at radius 1 is 1.26 bits per heavy atom. The van der Waals surface area contributed by atoms with Crippen LogP contribution in [0.3, 0.4) is 0 Å². The molecular weight excluding hydrogens is 270 g/mol. The van der Waals surface area contributed by atoms with Gasteiger partial charge < -0.3 is 0 Å². The fourth-order valence-electron chi connectivity index (χ4n) is 2.44. The highest BCUT2D eigenvalue weighted by Gasteiger charge is 2.32. The average molecular weight is 291 g/mol. The van der Waals surface area contributed by atoms with Crippen molar-refractivity contribution in [3.63, 3.8) is 0 Å². The van der Waals surface area contributed by atoms with Crippen molar-refractivity contribution in [3.8, 4) is 0 Å². The monoisotopic (exact) mass is 291 g/mol. The Morgan fingerprint density at radius 2 is 2.11 bits per heavy atom. The van der Waals surface area contributed by atoms with Crippen LogP contribution in [0.1, 0.15) is 30.2 Å². The lowest BCUT2D eigenvalue weighted by Crippen LogP contribution is -2.39. The highest BCUT2D eigenvalue weighted by molar-refractivity contribution is 7.10. The van der Waals surface area contributed by atoms with Crippen molar-refractivity contribution >= 4 is 28.7 Å². The van der Waals surface area contributed by atoms with Crippen molar-refractivity contribution in [2.75, 3.05) is 14.1 Å². The fraction of sp³-hybridized carbons (Fsp3) is 0.375. The summed E-state index contributed by atoms with van der Waals surface area (Å²) in [6.45, 7) is 2.28. The van der Waals surface area contributed by atoms with Crippen LogP contribution >= 0.6 is 22.7 Å². The SMILES string of the molecule is CCC(CC=Cc1ccsc1)(c1cccs1)N(C)C. The first kappa shape index (κ1) is 14.5. The number of thiophene rings is 2. The molecule has 102 valence electrons. The van der Waals surface area contributed by atoms with E-state index >= 15 is 0 Å². The van der Waals surface area contributed by atoms with Gasteiger partial charge in [-0.15, -0.1) is 11.3 Å². The fourth-order valence-corrected chi connectivity index (χ4v) is 4.16. The van der Waals surface area contributed by atoms with Crippen LogP contribution in [0.5, 0.6) is 0 Å². The molecule has 0 aliphatic heterocycles. The Labute approximate surface area is 124 Å². The maximum absolute atomic E-state index is 2.36. The molecule has 0 aliphatic rings. The van der Waals surface area contributed by atoms with E-state index in [9.17, 15) is 0 Å². The van der Waals surface area contributed by atoms with E-state index in [0.717, 1.165) is 12.8 Å². The Kier molecular flexibility index (Phi) is 4.97. The van der Waals surface area contributed by atoms with E-state index in [4.69, 9.17) is 0 Å². The first-order valence-electron chi connectivity index (χ1n) is 6.59. The van der Waals surface area contributed by atoms with Crippen molar-refractivity contribution in [1.82, 2.24) is 4.90 Å². The average Bonchev–Trinajstić information content (AvgIpc) is 3.07. The molecular formula is C16H21NS2. The number of hydrogen-bond donors (Lipinski definition) is 0. The van der Waals surface area contributed by atoms with Gasteiger partial charge in [-0.25, -0.2) is 0 Å². The lowest BCUT2D eigenvalue weighted by atomic mass is 9.88. The predicted molar refractivity (Wildman–Crippen MR) is 87.9 cm³/mol. The minimum Gasteiger partial charge on any atom is -0.299 e. The third-order valence-electron chi connectivity index (χ3n) is 3.73. The van der Waals surface area contributed by atoms with E-state index in [-0.39, 0.29) is 5.54 Å². The second-order valence-corrected chi connectivity index (χ2v) is 6.65. The van der Waals surface area contributed by atoms with Gasteiger partial charge >= 0.3 is 0 Å². The molecule has 2 aromatic rings. The van der Waals surface area contributed by atoms with Crippen LogP contribution < -0.4 is 0 Å². The molecule has 0 radical (unpaired) electrons. The smallest absolute Gasteiger partial charge is 0.0580 e. The van der Waals surface area contributed by atoms with Crippen molar-refractivity contribution in [1.29, 1.82) is 0 Å². The van der Waals surface area contributed by atoms with Gasteiger partial charge in [0.2, 0.25) is 0 Å². The van der Waals surface area contributed by atoms with Crippen molar-refractivity contribution in [3.05, 3.63) is 50.9 Å². The molecule has 1 unspecified atom stereocenters. The predicted octanol–water partition coefficient (Wildman–Crippen LogP) is 5.08. The summed E-state index contributed by atoms with van der Waals surface area (Å²) in [6.07, 6.45) is 6.71. The second-order valence-electron chi connectivity index (χ2n) is 4.92. The van der Waals surface area contributed by atoms with E-state index in [1.807, 2.05) is 11.3 Å². The van der Waals surface area contributed by atoms with Gasteiger partial charge in [0.15, 0.2) is 0 Å². The molecule has 1 atom stereocenters. The first-order chi connectivity index (χ1) is 9.19. The normalized spacial score (nSPS) is 15.2. The summed E-state index contributed by atoms with van der Waals surface area (Å²) >= 11 is 3.60. The molecule has 0 aromatic carbocycles. The van der Waals surface area contributed by atoms with Crippen LogP contribution in [0, 0.1) is 0 Å². The molecule has 0 saturated carbocycles. The molecule has 0 fully saturated rings. The van der Waals surface area contributed by atoms with Gasteiger partial charge in [0.1, 0.15) is 0 Å². The Hall–Kier alpha value is -0.900. The van der Waals surface area contributed by atoms with Gasteiger partial charge in [0.25, 0.3) is 0 Å². The van der Waals surface area contributed by atoms with Crippen LogP contribution in [0.4, 0.5) is 0 Å². The zero-order chi connectivity index (χ0) is 13.7. The molecule has 2 heterocycles. The number of hydrogen-bond acceptors (Lipinski definition) is 3. The summed E-state index contributed by atoms with van der Waals surface area (Å²) in [6, 6.07) is 6.57. The second kappa shape index (κ2) is 6.51. The molecule has 2 aromatic heterocycles. The van der Waals surface area contributed by atoms with Crippen molar-refractivity contribution in [2.45, 2.75) is 25.3 Å². The summed E-state index contributed by atoms with van der Waals surface area (Å²) in [5.41, 5.74) is 1.43. The standard InChI is InChI=1S/C16H21NS2/c1-4-16(17(2)3,15-8-6-11-19-15)10-5-7-14-9-12-18-13-14/h5-9,11-13H,4,10H2,1-3H3. The van der Waals surface area contributed by atoms with E-state index in [0.29, 0.717) is 0 Å².